The molecular formula is C11H15N3O. The van der Waals surface area contributed by atoms with Crippen molar-refractivity contribution >= 4 is 0 Å². The summed E-state index contributed by atoms with van der Waals surface area (Å²) >= 11 is 0. The molecule has 4 heteroatoms. The van der Waals surface area contributed by atoms with E-state index in [1.165, 1.54) is 5.56 Å². The third kappa shape index (κ3) is 3.27. The quantitative estimate of drug-likeness (QED) is 0.458. The highest BCUT2D eigenvalue weighted by molar-refractivity contribution is 5.26. The largest absolute Gasteiger partial charge is 0.388 e. The summed E-state index contributed by atoms with van der Waals surface area (Å²) in [6, 6.07) is 7.71. The number of hydrogen-bond acceptors (Lipinski definition) is 2. The van der Waals surface area contributed by atoms with Gasteiger partial charge in [-0.05, 0) is 22.6 Å². The van der Waals surface area contributed by atoms with Crippen LogP contribution in [-0.2, 0) is 0 Å². The molecule has 0 bridgehead atoms. The zero-order valence-electron chi connectivity index (χ0n) is 8.96. The molecule has 0 heterocycles. The van der Waals surface area contributed by atoms with Crippen molar-refractivity contribution in [2.24, 2.45) is 5.11 Å². The zero-order chi connectivity index (χ0) is 11.3. The van der Waals surface area contributed by atoms with Crippen LogP contribution >= 0.6 is 0 Å². The number of aliphatic hydroxyl groups is 1. The van der Waals surface area contributed by atoms with E-state index < -0.39 is 6.10 Å². The Morgan fingerprint density at radius 2 is 1.80 bits per heavy atom. The highest BCUT2D eigenvalue weighted by Gasteiger charge is 2.06. The highest BCUT2D eigenvalue weighted by atomic mass is 16.3. The normalized spacial score (nSPS) is 12.3. The van der Waals surface area contributed by atoms with Crippen molar-refractivity contribution in [2.75, 3.05) is 6.54 Å². The summed E-state index contributed by atoms with van der Waals surface area (Å²) in [4.78, 5) is 2.61. The fraction of sp³-hybridized carbons (Fsp3) is 0.455. The standard InChI is InChI=1S/C11H15N3O/c1-8(2)9-3-5-10(6-4-9)11(15)7-13-14-12/h3-6,8,11,15H,7H2,1-2H3/t11-/m1/s1. The van der Waals surface area contributed by atoms with Gasteiger partial charge in [-0.15, -0.1) is 0 Å². The molecule has 0 fully saturated rings. The Bertz CT molecular complexity index is 353. The van der Waals surface area contributed by atoms with Gasteiger partial charge in [0, 0.05) is 4.91 Å². The van der Waals surface area contributed by atoms with Gasteiger partial charge in [0.15, 0.2) is 0 Å². The van der Waals surface area contributed by atoms with Crippen LogP contribution < -0.4 is 0 Å². The molecule has 1 atom stereocenters. The highest BCUT2D eigenvalue weighted by Crippen LogP contribution is 2.18. The first-order valence-corrected chi connectivity index (χ1v) is 4.94. The minimum absolute atomic E-state index is 0.0809. The summed E-state index contributed by atoms with van der Waals surface area (Å²) in [6.45, 7) is 4.31. The molecule has 4 nitrogen and oxygen atoms in total. The van der Waals surface area contributed by atoms with Crippen LogP contribution in [0.25, 0.3) is 10.4 Å². The van der Waals surface area contributed by atoms with Gasteiger partial charge >= 0.3 is 0 Å². The second kappa shape index (κ2) is 5.39. The average molecular weight is 205 g/mol. The van der Waals surface area contributed by atoms with E-state index in [0.29, 0.717) is 5.92 Å². The number of aliphatic hydroxyl groups excluding tert-OH is 1. The molecule has 0 aliphatic heterocycles. The van der Waals surface area contributed by atoms with Crippen LogP contribution in [-0.4, -0.2) is 11.7 Å². The smallest absolute Gasteiger partial charge is 0.0846 e. The van der Waals surface area contributed by atoms with Gasteiger partial charge in [-0.25, -0.2) is 0 Å². The molecule has 0 unspecified atom stereocenters. The van der Waals surface area contributed by atoms with Crippen LogP contribution in [0.1, 0.15) is 37.0 Å². The third-order valence-electron chi connectivity index (χ3n) is 2.31. The lowest BCUT2D eigenvalue weighted by Gasteiger charge is -2.10. The number of benzene rings is 1. The predicted octanol–water partition coefficient (Wildman–Crippen LogP) is 3.15. The van der Waals surface area contributed by atoms with Gasteiger partial charge in [-0.2, -0.15) is 0 Å². The molecule has 0 aliphatic carbocycles. The predicted molar refractivity (Wildman–Crippen MR) is 59.5 cm³/mol. The first-order valence-electron chi connectivity index (χ1n) is 4.94. The SMILES string of the molecule is CC(C)c1ccc([C@H](O)CN=[N+]=[N-])cc1. The second-order valence-electron chi connectivity index (χ2n) is 3.75. The van der Waals surface area contributed by atoms with Crippen molar-refractivity contribution in [1.29, 1.82) is 0 Å². The lowest BCUT2D eigenvalue weighted by Crippen LogP contribution is -2.01. The molecule has 1 aromatic carbocycles. The van der Waals surface area contributed by atoms with E-state index in [1.54, 1.807) is 0 Å². The Kier molecular flexibility index (Phi) is 4.16. The van der Waals surface area contributed by atoms with Gasteiger partial charge < -0.3 is 5.11 Å². The van der Waals surface area contributed by atoms with Gasteiger partial charge in [0.1, 0.15) is 0 Å². The van der Waals surface area contributed by atoms with Crippen molar-refractivity contribution in [1.82, 2.24) is 0 Å². The Morgan fingerprint density at radius 3 is 2.27 bits per heavy atom. The topological polar surface area (TPSA) is 69.0 Å². The van der Waals surface area contributed by atoms with Crippen LogP contribution in [0.3, 0.4) is 0 Å². The maximum atomic E-state index is 9.62. The van der Waals surface area contributed by atoms with Crippen LogP contribution in [0, 0.1) is 0 Å². The summed E-state index contributed by atoms with van der Waals surface area (Å²) < 4.78 is 0. The summed E-state index contributed by atoms with van der Waals surface area (Å²) in [5, 5.41) is 13.0. The van der Waals surface area contributed by atoms with Crippen LogP contribution in [0.2, 0.25) is 0 Å². The molecule has 1 N–H and O–H groups in total. The summed E-state index contributed by atoms with van der Waals surface area (Å²) in [6.07, 6.45) is -0.706. The number of azide groups is 1. The third-order valence-corrected chi connectivity index (χ3v) is 2.31. The Balaban J connectivity index is 2.74. The lowest BCUT2D eigenvalue weighted by atomic mass is 10.00. The molecule has 15 heavy (non-hydrogen) atoms. The fourth-order valence-corrected chi connectivity index (χ4v) is 1.32. The average Bonchev–Trinajstić information content (AvgIpc) is 2.26. The van der Waals surface area contributed by atoms with E-state index in [2.05, 4.69) is 23.9 Å². The molecule has 0 saturated heterocycles. The fourth-order valence-electron chi connectivity index (χ4n) is 1.32. The van der Waals surface area contributed by atoms with E-state index in [1.807, 2.05) is 24.3 Å². The summed E-state index contributed by atoms with van der Waals surface area (Å²) in [5.74, 6) is 0.480. The van der Waals surface area contributed by atoms with Crippen molar-refractivity contribution in [3.8, 4) is 0 Å². The molecule has 0 aromatic heterocycles. The number of nitrogens with zero attached hydrogens (tertiary/aromatic N) is 3. The molecule has 0 saturated carbocycles. The van der Waals surface area contributed by atoms with E-state index in [0.717, 1.165) is 5.56 Å². The van der Waals surface area contributed by atoms with E-state index >= 15 is 0 Å². The Labute approximate surface area is 89.2 Å². The minimum atomic E-state index is -0.706. The Hall–Kier alpha value is -1.51. The van der Waals surface area contributed by atoms with E-state index in [-0.39, 0.29) is 6.54 Å². The van der Waals surface area contributed by atoms with Crippen molar-refractivity contribution in [3.63, 3.8) is 0 Å². The van der Waals surface area contributed by atoms with Crippen molar-refractivity contribution < 1.29 is 5.11 Å². The van der Waals surface area contributed by atoms with Gasteiger partial charge in [-0.1, -0.05) is 43.2 Å². The van der Waals surface area contributed by atoms with Gasteiger partial charge in [0.2, 0.25) is 0 Å². The molecule has 1 aromatic rings. The van der Waals surface area contributed by atoms with Gasteiger partial charge in [0.25, 0.3) is 0 Å². The molecule has 1 rings (SSSR count). The number of hydrogen-bond donors (Lipinski definition) is 1. The summed E-state index contributed by atoms with van der Waals surface area (Å²) in [7, 11) is 0. The minimum Gasteiger partial charge on any atom is -0.388 e. The molecule has 0 spiro atoms. The lowest BCUT2D eigenvalue weighted by molar-refractivity contribution is 0.187. The molecule has 0 radical (unpaired) electrons. The first kappa shape index (κ1) is 11.6. The van der Waals surface area contributed by atoms with Crippen LogP contribution in [0.5, 0.6) is 0 Å². The van der Waals surface area contributed by atoms with Gasteiger partial charge in [-0.3, -0.25) is 0 Å². The maximum absolute atomic E-state index is 9.62. The molecule has 0 aliphatic rings. The van der Waals surface area contributed by atoms with Gasteiger partial charge in [0.05, 0.1) is 12.6 Å². The van der Waals surface area contributed by atoms with E-state index in [9.17, 15) is 5.11 Å². The molecule has 0 amide bonds. The second-order valence-corrected chi connectivity index (χ2v) is 3.75. The zero-order valence-corrected chi connectivity index (χ0v) is 8.96. The van der Waals surface area contributed by atoms with Crippen LogP contribution in [0.4, 0.5) is 0 Å². The first-order chi connectivity index (χ1) is 7.15. The molecule has 80 valence electrons. The van der Waals surface area contributed by atoms with Crippen LogP contribution in [0.15, 0.2) is 29.4 Å². The molecular weight excluding hydrogens is 190 g/mol. The monoisotopic (exact) mass is 205 g/mol. The maximum Gasteiger partial charge on any atom is 0.0846 e. The number of rotatable bonds is 4. The van der Waals surface area contributed by atoms with E-state index in [4.69, 9.17) is 5.53 Å². The summed E-state index contributed by atoms with van der Waals surface area (Å²) in [5.41, 5.74) is 10.1. The van der Waals surface area contributed by atoms with Crippen molar-refractivity contribution in [2.45, 2.75) is 25.9 Å². The Morgan fingerprint density at radius 1 is 1.27 bits per heavy atom. The van der Waals surface area contributed by atoms with Crippen molar-refractivity contribution in [3.05, 3.63) is 45.8 Å².